The van der Waals surface area contributed by atoms with Crippen molar-refractivity contribution in [3.63, 3.8) is 0 Å². The number of nitrogen functional groups attached to an aromatic ring is 1. The van der Waals surface area contributed by atoms with Crippen molar-refractivity contribution < 1.29 is 32.1 Å². The lowest BCUT2D eigenvalue weighted by Gasteiger charge is -2.13. The second-order valence-corrected chi connectivity index (χ2v) is 6.88. The molecule has 0 aliphatic rings. The average molecular weight is 438 g/mol. The summed E-state index contributed by atoms with van der Waals surface area (Å²) in [6, 6.07) is 6.13. The number of ether oxygens (including phenoxy) is 2. The van der Waals surface area contributed by atoms with Gasteiger partial charge in [-0.1, -0.05) is 18.4 Å². The lowest BCUT2D eigenvalue weighted by Crippen LogP contribution is -2.40. The van der Waals surface area contributed by atoms with Crippen LogP contribution in [0.4, 0.5) is 19.1 Å². The molecule has 2 N–H and O–H groups in total. The summed E-state index contributed by atoms with van der Waals surface area (Å²) in [7, 11) is 1.23. The highest BCUT2D eigenvalue weighted by molar-refractivity contribution is 5.95. The maximum atomic E-state index is 13.1. The lowest BCUT2D eigenvalue weighted by atomic mass is 10.1. The first-order valence-electron chi connectivity index (χ1n) is 9.67. The van der Waals surface area contributed by atoms with E-state index in [2.05, 4.69) is 10.2 Å². The average Bonchev–Trinajstić information content (AvgIpc) is 3.05. The third-order valence-electron chi connectivity index (χ3n) is 4.78. The predicted octanol–water partition coefficient (Wildman–Crippen LogP) is 3.08. The first kappa shape index (κ1) is 22.3. The largest absolute Gasteiger partial charge is 0.497 e. The highest BCUT2D eigenvalue weighted by Crippen LogP contribution is 2.32. The fourth-order valence-electron chi connectivity index (χ4n) is 3.05. The Kier molecular flexibility index (Phi) is 6.32. The molecular formula is C20H23F3N5O3+. The standard InChI is InChI=1S/C20H23F3N5O3/c1-4-14(5-2)31-17-6-7-18-27(26-19(24)28(18)25-17)11-16(29)12-8-13(20(21,22)23)10-15(9-12)30-3/h6-10,14H,4-5,11H2,1-3H3,(H2,24,26)/q+1. The smallest absolute Gasteiger partial charge is 0.416 e. The van der Waals surface area contributed by atoms with Gasteiger partial charge in [0.25, 0.3) is 5.88 Å². The van der Waals surface area contributed by atoms with Crippen LogP contribution in [0.3, 0.4) is 0 Å². The monoisotopic (exact) mass is 438 g/mol. The highest BCUT2D eigenvalue weighted by Gasteiger charge is 2.32. The van der Waals surface area contributed by atoms with Gasteiger partial charge in [-0.15, -0.1) is 4.68 Å². The van der Waals surface area contributed by atoms with Crippen molar-refractivity contribution in [1.29, 1.82) is 0 Å². The highest BCUT2D eigenvalue weighted by atomic mass is 19.4. The SMILES string of the molecule is CCC(CC)Oc1ccc2n(n1)c(N)n[n+]2CC(=O)c1cc(OC)cc(C(F)(F)F)c1. The van der Waals surface area contributed by atoms with E-state index in [1.165, 1.54) is 22.4 Å². The van der Waals surface area contributed by atoms with Crippen molar-refractivity contribution in [3.05, 3.63) is 41.5 Å². The van der Waals surface area contributed by atoms with Crippen LogP contribution in [0.2, 0.25) is 0 Å². The molecule has 0 atom stereocenters. The summed E-state index contributed by atoms with van der Waals surface area (Å²) >= 11 is 0. The zero-order valence-corrected chi connectivity index (χ0v) is 17.3. The summed E-state index contributed by atoms with van der Waals surface area (Å²) in [6.07, 6.45) is -2.99. The molecule has 2 heterocycles. The number of anilines is 1. The molecule has 31 heavy (non-hydrogen) atoms. The number of carbonyl (C=O) groups is 1. The zero-order valence-electron chi connectivity index (χ0n) is 17.3. The molecule has 0 fully saturated rings. The van der Waals surface area contributed by atoms with E-state index in [1.54, 1.807) is 12.1 Å². The summed E-state index contributed by atoms with van der Waals surface area (Å²) in [6.45, 7) is 3.67. The molecule has 0 radical (unpaired) electrons. The molecule has 0 spiro atoms. The Bertz CT molecular complexity index is 1090. The van der Waals surface area contributed by atoms with E-state index >= 15 is 0 Å². The van der Waals surface area contributed by atoms with Crippen LogP contribution in [0.5, 0.6) is 11.6 Å². The van der Waals surface area contributed by atoms with Crippen molar-refractivity contribution in [3.8, 4) is 11.6 Å². The molecule has 11 heteroatoms. The predicted molar refractivity (Wildman–Crippen MR) is 105 cm³/mol. The van der Waals surface area contributed by atoms with Crippen LogP contribution >= 0.6 is 0 Å². The van der Waals surface area contributed by atoms with Crippen LogP contribution in [0.15, 0.2) is 30.3 Å². The summed E-state index contributed by atoms with van der Waals surface area (Å²) in [5.41, 5.74) is 5.18. The Morgan fingerprint density at radius 2 is 1.94 bits per heavy atom. The van der Waals surface area contributed by atoms with Gasteiger partial charge in [0.1, 0.15) is 11.9 Å². The quantitative estimate of drug-likeness (QED) is 0.429. The van der Waals surface area contributed by atoms with Gasteiger partial charge in [-0.2, -0.15) is 13.2 Å². The number of hydrogen-bond acceptors (Lipinski definition) is 6. The number of fused-ring (bicyclic) bond motifs is 1. The Balaban J connectivity index is 1.91. The number of nitrogens with zero attached hydrogens (tertiary/aromatic N) is 4. The normalized spacial score (nSPS) is 11.8. The molecule has 0 amide bonds. The molecule has 8 nitrogen and oxygen atoms in total. The van der Waals surface area contributed by atoms with Gasteiger partial charge in [0, 0.05) is 17.7 Å². The van der Waals surface area contributed by atoms with Crippen LogP contribution in [0.1, 0.15) is 42.6 Å². The van der Waals surface area contributed by atoms with Gasteiger partial charge in [-0.25, -0.2) is 0 Å². The summed E-state index contributed by atoms with van der Waals surface area (Å²) in [5.74, 6) is -0.292. The number of methoxy groups -OCH3 is 1. The summed E-state index contributed by atoms with van der Waals surface area (Å²) < 4.78 is 52.7. The maximum absolute atomic E-state index is 13.1. The number of Topliss-reactive ketones (excluding diaryl/α,β-unsaturated/α-hetero) is 1. The number of rotatable bonds is 8. The fraction of sp³-hybridized carbons (Fsp3) is 0.400. The third-order valence-corrected chi connectivity index (χ3v) is 4.78. The van der Waals surface area contributed by atoms with E-state index < -0.39 is 17.5 Å². The van der Waals surface area contributed by atoms with Crippen LogP contribution in [-0.2, 0) is 12.7 Å². The molecule has 0 aliphatic carbocycles. The number of halogens is 3. The number of alkyl halides is 3. The van der Waals surface area contributed by atoms with Crippen molar-refractivity contribution in [2.24, 2.45) is 0 Å². The Morgan fingerprint density at radius 3 is 2.55 bits per heavy atom. The van der Waals surface area contributed by atoms with E-state index in [4.69, 9.17) is 15.2 Å². The number of benzene rings is 1. The van der Waals surface area contributed by atoms with Gasteiger partial charge < -0.3 is 15.2 Å². The van der Waals surface area contributed by atoms with Gasteiger partial charge in [0.15, 0.2) is 6.54 Å². The van der Waals surface area contributed by atoms with Crippen molar-refractivity contribution in [1.82, 2.24) is 14.7 Å². The molecule has 3 rings (SSSR count). The molecular weight excluding hydrogens is 415 g/mol. The first-order chi connectivity index (χ1) is 14.7. The second kappa shape index (κ2) is 8.78. The van der Waals surface area contributed by atoms with Crippen LogP contribution in [0.25, 0.3) is 5.65 Å². The molecule has 0 aliphatic heterocycles. The Labute approximate surface area is 176 Å². The van der Waals surface area contributed by atoms with E-state index in [1.807, 2.05) is 13.8 Å². The number of nitrogens with two attached hydrogens (primary N) is 1. The molecule has 0 bridgehead atoms. The molecule has 1 aromatic carbocycles. The molecule has 0 saturated heterocycles. The minimum atomic E-state index is -4.61. The van der Waals surface area contributed by atoms with Gasteiger partial charge in [0.2, 0.25) is 5.78 Å². The Hall–Kier alpha value is -3.37. The summed E-state index contributed by atoms with van der Waals surface area (Å²) in [4.78, 5) is 12.7. The fourth-order valence-corrected chi connectivity index (χ4v) is 3.05. The molecule has 0 unspecified atom stereocenters. The maximum Gasteiger partial charge on any atom is 0.416 e. The minimum Gasteiger partial charge on any atom is -0.497 e. The molecule has 2 aromatic heterocycles. The number of ketones is 1. The number of carbonyl (C=O) groups excluding carboxylic acids is 1. The van der Waals surface area contributed by atoms with Crippen LogP contribution in [-0.4, -0.2) is 33.7 Å². The van der Waals surface area contributed by atoms with Crippen molar-refractivity contribution in [2.75, 3.05) is 12.8 Å². The summed E-state index contributed by atoms with van der Waals surface area (Å²) in [5, 5.41) is 8.39. The molecule has 0 saturated carbocycles. The van der Waals surface area contributed by atoms with Gasteiger partial charge >= 0.3 is 17.8 Å². The van der Waals surface area contributed by atoms with E-state index in [0.717, 1.165) is 25.0 Å². The van der Waals surface area contributed by atoms with Gasteiger partial charge in [-0.05, 0) is 41.2 Å². The second-order valence-electron chi connectivity index (χ2n) is 6.88. The zero-order chi connectivity index (χ0) is 22.8. The molecule has 166 valence electrons. The number of hydrogen-bond donors (Lipinski definition) is 1. The topological polar surface area (TPSA) is 95.6 Å². The van der Waals surface area contributed by atoms with E-state index in [0.29, 0.717) is 11.5 Å². The first-order valence-corrected chi connectivity index (χ1v) is 9.67. The van der Waals surface area contributed by atoms with Crippen LogP contribution < -0.4 is 19.9 Å². The Morgan fingerprint density at radius 1 is 1.23 bits per heavy atom. The molecule has 3 aromatic rings. The van der Waals surface area contributed by atoms with Crippen molar-refractivity contribution in [2.45, 2.75) is 45.5 Å². The third kappa shape index (κ3) is 4.86. The van der Waals surface area contributed by atoms with E-state index in [-0.39, 0.29) is 29.9 Å². The number of aromatic nitrogens is 4. The minimum absolute atomic E-state index is 0.000661. The van der Waals surface area contributed by atoms with Crippen molar-refractivity contribution >= 4 is 17.4 Å². The van der Waals surface area contributed by atoms with Gasteiger partial charge in [0.05, 0.1) is 12.7 Å². The van der Waals surface area contributed by atoms with E-state index in [9.17, 15) is 18.0 Å². The lowest BCUT2D eigenvalue weighted by molar-refractivity contribution is -0.714. The van der Waals surface area contributed by atoms with Gasteiger partial charge in [-0.3, -0.25) is 4.79 Å². The van der Waals surface area contributed by atoms with Crippen LogP contribution in [0, 0.1) is 0 Å².